The molecule has 0 rings (SSSR count). The topological polar surface area (TPSA) is 78.9 Å². The fourth-order valence-electron chi connectivity index (χ4n) is 8.64. The van der Waals surface area contributed by atoms with Crippen molar-refractivity contribution in [2.45, 2.75) is 309 Å². The average Bonchev–Trinajstić information content (AvgIpc) is 3.37. The number of hydrogen-bond acceptors (Lipinski definition) is 6. The van der Waals surface area contributed by atoms with Gasteiger partial charge in [-0.25, -0.2) is 0 Å². The van der Waals surface area contributed by atoms with Crippen molar-refractivity contribution in [3.8, 4) is 0 Å². The molecule has 0 N–H and O–H groups in total. The van der Waals surface area contributed by atoms with Crippen LogP contribution in [0.1, 0.15) is 303 Å². The molecule has 1 atom stereocenters. The van der Waals surface area contributed by atoms with Gasteiger partial charge in [0.25, 0.3) is 0 Å². The molecule has 0 saturated carbocycles. The number of carbonyl (C=O) groups is 3. The fraction of sp³-hybridized carbons (Fsp3) is 0.769. The van der Waals surface area contributed by atoms with E-state index in [0.717, 1.165) is 96.3 Å². The van der Waals surface area contributed by atoms with Gasteiger partial charge in [0.05, 0.1) is 0 Å². The fourth-order valence-corrected chi connectivity index (χ4v) is 8.64. The summed E-state index contributed by atoms with van der Waals surface area (Å²) in [5, 5.41) is 0. The van der Waals surface area contributed by atoms with Gasteiger partial charge in [-0.1, -0.05) is 267 Å². The molecule has 0 aliphatic rings. The van der Waals surface area contributed by atoms with Crippen LogP contribution in [0.5, 0.6) is 0 Å². The van der Waals surface area contributed by atoms with Crippen LogP contribution in [0, 0.1) is 0 Å². The van der Waals surface area contributed by atoms with Crippen LogP contribution in [0.2, 0.25) is 0 Å². The zero-order valence-corrected chi connectivity index (χ0v) is 47.0. The number of ether oxygens (including phenoxy) is 3. The largest absolute Gasteiger partial charge is 0.462 e. The second kappa shape index (κ2) is 59.4. The summed E-state index contributed by atoms with van der Waals surface area (Å²) in [6.07, 6.45) is 76.3. The van der Waals surface area contributed by atoms with Crippen LogP contribution < -0.4 is 0 Å². The highest BCUT2D eigenvalue weighted by atomic mass is 16.6. The number of carbonyl (C=O) groups excluding carboxylic acids is 3. The van der Waals surface area contributed by atoms with Gasteiger partial charge in [0, 0.05) is 19.3 Å². The molecule has 410 valence electrons. The highest BCUT2D eigenvalue weighted by Gasteiger charge is 2.19. The summed E-state index contributed by atoms with van der Waals surface area (Å²) in [6, 6.07) is 0. The highest BCUT2D eigenvalue weighted by molar-refractivity contribution is 5.71. The molecule has 0 radical (unpaired) electrons. The molecule has 6 heteroatoms. The molecule has 0 aliphatic carbocycles. The minimum atomic E-state index is -0.788. The SMILES string of the molecule is CC/C=C\C/C=C\C/C=C\CCCCCC(=O)OC(COC(=O)CCCCCCCCCCCCC)COC(=O)CCCCCCCCCCCCCCCC/C=C\C/C=C\C/C=C\CCCCCCC. The van der Waals surface area contributed by atoms with E-state index in [4.69, 9.17) is 14.2 Å². The summed E-state index contributed by atoms with van der Waals surface area (Å²) >= 11 is 0. The molecule has 0 aromatic heterocycles. The van der Waals surface area contributed by atoms with Crippen LogP contribution in [0.3, 0.4) is 0 Å². The van der Waals surface area contributed by atoms with E-state index in [0.29, 0.717) is 19.3 Å². The van der Waals surface area contributed by atoms with Crippen LogP contribution in [-0.2, 0) is 28.6 Å². The van der Waals surface area contributed by atoms with Crippen LogP contribution >= 0.6 is 0 Å². The first-order valence-corrected chi connectivity index (χ1v) is 30.4. The van der Waals surface area contributed by atoms with E-state index in [1.54, 1.807) is 0 Å². The lowest BCUT2D eigenvalue weighted by Crippen LogP contribution is -2.30. The monoisotopic (exact) mass is 991 g/mol. The normalized spacial score (nSPS) is 12.5. The van der Waals surface area contributed by atoms with Gasteiger partial charge in [-0.2, -0.15) is 0 Å². The Labute approximate surface area is 440 Å². The molecule has 0 aromatic carbocycles. The lowest BCUT2D eigenvalue weighted by atomic mass is 10.0. The predicted molar refractivity (Wildman–Crippen MR) is 307 cm³/mol. The number of allylic oxidation sites excluding steroid dienone is 12. The van der Waals surface area contributed by atoms with E-state index < -0.39 is 6.10 Å². The Morgan fingerprint density at radius 2 is 0.549 bits per heavy atom. The second-order valence-electron chi connectivity index (χ2n) is 20.2. The quantitative estimate of drug-likeness (QED) is 0.0261. The zero-order valence-electron chi connectivity index (χ0n) is 47.0. The standard InChI is InChI=1S/C65H114O6/c1-4-7-10-13-16-19-22-24-25-26-27-28-29-30-31-32-33-34-35-36-37-38-39-41-43-46-49-52-55-58-64(67)70-61-62(60-69-63(66)57-54-51-48-45-42-21-18-15-12-9-6-3)71-65(68)59-56-53-50-47-44-40-23-20-17-14-11-8-5-2/h8,11,17,20,22,24,26-27,29-30,40,44,62H,4-7,9-10,12-16,18-19,21,23,25,28,31-39,41-43,45-61H2,1-3H3/b11-8-,20-17-,24-22-,27-26-,30-29-,44-40-. The summed E-state index contributed by atoms with van der Waals surface area (Å²) in [6.45, 7) is 6.50. The first-order valence-electron chi connectivity index (χ1n) is 30.4. The summed E-state index contributed by atoms with van der Waals surface area (Å²) in [4.78, 5) is 38.1. The van der Waals surface area contributed by atoms with E-state index in [1.807, 2.05) is 0 Å². The van der Waals surface area contributed by atoms with Crippen molar-refractivity contribution >= 4 is 17.9 Å². The molecular weight excluding hydrogens is 877 g/mol. The lowest BCUT2D eigenvalue weighted by Gasteiger charge is -2.18. The van der Waals surface area contributed by atoms with Crippen molar-refractivity contribution in [2.24, 2.45) is 0 Å². The van der Waals surface area contributed by atoms with Gasteiger partial charge >= 0.3 is 17.9 Å². The molecule has 6 nitrogen and oxygen atoms in total. The molecule has 0 bridgehead atoms. The van der Waals surface area contributed by atoms with E-state index in [2.05, 4.69) is 93.7 Å². The summed E-state index contributed by atoms with van der Waals surface area (Å²) < 4.78 is 16.8. The lowest BCUT2D eigenvalue weighted by molar-refractivity contribution is -0.167. The summed E-state index contributed by atoms with van der Waals surface area (Å²) in [7, 11) is 0. The van der Waals surface area contributed by atoms with Crippen LogP contribution in [-0.4, -0.2) is 37.2 Å². The third kappa shape index (κ3) is 57.6. The average molecular weight is 992 g/mol. The smallest absolute Gasteiger partial charge is 0.306 e. The van der Waals surface area contributed by atoms with Gasteiger partial charge in [-0.3, -0.25) is 14.4 Å². The first kappa shape index (κ1) is 67.8. The van der Waals surface area contributed by atoms with Crippen molar-refractivity contribution in [2.75, 3.05) is 13.2 Å². The molecule has 1 unspecified atom stereocenters. The van der Waals surface area contributed by atoms with Gasteiger partial charge in [0.1, 0.15) is 13.2 Å². The van der Waals surface area contributed by atoms with Gasteiger partial charge < -0.3 is 14.2 Å². The van der Waals surface area contributed by atoms with Crippen molar-refractivity contribution in [1.29, 1.82) is 0 Å². The van der Waals surface area contributed by atoms with Crippen LogP contribution in [0.15, 0.2) is 72.9 Å². The Morgan fingerprint density at radius 3 is 0.873 bits per heavy atom. The number of rotatable bonds is 55. The molecule has 0 saturated heterocycles. The molecule has 0 heterocycles. The highest BCUT2D eigenvalue weighted by Crippen LogP contribution is 2.16. The Bertz CT molecular complexity index is 1320. The maximum atomic E-state index is 12.8. The molecule has 0 spiro atoms. The predicted octanol–water partition coefficient (Wildman–Crippen LogP) is 20.5. The Morgan fingerprint density at radius 1 is 0.296 bits per heavy atom. The third-order valence-corrected chi connectivity index (χ3v) is 13.2. The van der Waals surface area contributed by atoms with Gasteiger partial charge in [-0.05, 0) is 89.9 Å². The minimum Gasteiger partial charge on any atom is -0.462 e. The number of unbranched alkanes of at least 4 members (excludes halogenated alkanes) is 32. The van der Waals surface area contributed by atoms with Crippen LogP contribution in [0.4, 0.5) is 0 Å². The number of hydrogen-bond donors (Lipinski definition) is 0. The maximum absolute atomic E-state index is 12.8. The Balaban J connectivity index is 4.17. The van der Waals surface area contributed by atoms with E-state index in [1.165, 1.54) is 167 Å². The van der Waals surface area contributed by atoms with Gasteiger partial charge in [-0.15, -0.1) is 0 Å². The van der Waals surface area contributed by atoms with Gasteiger partial charge in [0.15, 0.2) is 6.10 Å². The van der Waals surface area contributed by atoms with E-state index >= 15 is 0 Å². The Hall–Kier alpha value is -3.15. The number of esters is 3. The van der Waals surface area contributed by atoms with E-state index in [9.17, 15) is 14.4 Å². The first-order chi connectivity index (χ1) is 35.0. The minimum absolute atomic E-state index is 0.0845. The Kier molecular flexibility index (Phi) is 56.8. The van der Waals surface area contributed by atoms with Crippen molar-refractivity contribution < 1.29 is 28.6 Å². The van der Waals surface area contributed by atoms with Gasteiger partial charge in [0.2, 0.25) is 0 Å². The summed E-state index contributed by atoms with van der Waals surface area (Å²) in [5.74, 6) is -0.906. The van der Waals surface area contributed by atoms with Crippen molar-refractivity contribution in [3.63, 3.8) is 0 Å². The molecule has 0 aromatic rings. The maximum Gasteiger partial charge on any atom is 0.306 e. The second-order valence-corrected chi connectivity index (χ2v) is 20.2. The summed E-state index contributed by atoms with van der Waals surface area (Å²) in [5.41, 5.74) is 0. The zero-order chi connectivity index (χ0) is 51.4. The molecule has 71 heavy (non-hydrogen) atoms. The van der Waals surface area contributed by atoms with Crippen molar-refractivity contribution in [3.05, 3.63) is 72.9 Å². The van der Waals surface area contributed by atoms with Crippen molar-refractivity contribution in [1.82, 2.24) is 0 Å². The molecule has 0 fully saturated rings. The molecule has 0 amide bonds. The van der Waals surface area contributed by atoms with E-state index in [-0.39, 0.29) is 31.1 Å². The van der Waals surface area contributed by atoms with Crippen LogP contribution in [0.25, 0.3) is 0 Å². The molecule has 0 aliphatic heterocycles. The third-order valence-electron chi connectivity index (χ3n) is 13.2. The molecular formula is C65H114O6.